The Hall–Kier alpha value is -1.10. The molecule has 1 heterocycles. The third kappa shape index (κ3) is 2.92. The van der Waals surface area contributed by atoms with E-state index < -0.39 is 0 Å². The maximum Gasteiger partial charge on any atom is 0.166 e. The lowest BCUT2D eigenvalue weighted by molar-refractivity contribution is 0.391. The van der Waals surface area contributed by atoms with Crippen LogP contribution in [0.25, 0.3) is 0 Å². The summed E-state index contributed by atoms with van der Waals surface area (Å²) in [5, 5.41) is 10.8. The minimum atomic E-state index is 0.114. The van der Waals surface area contributed by atoms with E-state index in [0.29, 0.717) is 5.11 Å². The summed E-state index contributed by atoms with van der Waals surface area (Å²) in [6.07, 6.45) is 0. The Morgan fingerprint density at radius 1 is 1.53 bits per heavy atom. The molecule has 0 aromatic carbocycles. The van der Waals surface area contributed by atoms with Crippen LogP contribution in [0.5, 0.6) is 0 Å². The zero-order valence-corrected chi connectivity index (χ0v) is 10.4. The van der Waals surface area contributed by atoms with Crippen molar-refractivity contribution in [3.8, 4) is 0 Å². The molecule has 0 bridgehead atoms. The molecule has 15 heavy (non-hydrogen) atoms. The van der Waals surface area contributed by atoms with Gasteiger partial charge in [0, 0.05) is 12.1 Å². The zero-order chi connectivity index (χ0) is 11.4. The van der Waals surface area contributed by atoms with Crippen molar-refractivity contribution in [2.75, 3.05) is 6.54 Å². The van der Waals surface area contributed by atoms with Crippen molar-refractivity contribution in [2.24, 2.45) is 0 Å². The Bertz CT molecular complexity index is 329. The highest BCUT2D eigenvalue weighted by Crippen LogP contribution is 2.20. The van der Waals surface area contributed by atoms with Gasteiger partial charge in [0.05, 0.1) is 11.7 Å². The molecule has 1 aromatic heterocycles. The van der Waals surface area contributed by atoms with E-state index in [0.717, 1.165) is 23.6 Å². The Morgan fingerprint density at radius 3 is 2.67 bits per heavy atom. The molecule has 1 unspecified atom stereocenters. The van der Waals surface area contributed by atoms with Gasteiger partial charge in [-0.2, -0.15) is 0 Å². The molecule has 0 aliphatic carbocycles. The summed E-state index contributed by atoms with van der Waals surface area (Å²) in [5.74, 6) is 0.840. The van der Waals surface area contributed by atoms with Crippen molar-refractivity contribution in [2.45, 2.75) is 33.7 Å². The molecule has 84 valence electrons. The molecule has 0 saturated carbocycles. The van der Waals surface area contributed by atoms with Gasteiger partial charge in [-0.25, -0.2) is 0 Å². The molecule has 1 rings (SSSR count). The van der Waals surface area contributed by atoms with Crippen LogP contribution in [0.15, 0.2) is 4.52 Å². The van der Waals surface area contributed by atoms with E-state index in [2.05, 4.69) is 15.8 Å². The molecule has 0 amide bonds. The summed E-state index contributed by atoms with van der Waals surface area (Å²) in [4.78, 5) is 0. The van der Waals surface area contributed by atoms with Crippen LogP contribution in [0.1, 0.15) is 36.9 Å². The minimum absolute atomic E-state index is 0.114. The van der Waals surface area contributed by atoms with Crippen molar-refractivity contribution in [3.63, 3.8) is 0 Å². The summed E-state index contributed by atoms with van der Waals surface area (Å²) in [6, 6.07) is 0.114. The van der Waals surface area contributed by atoms with Gasteiger partial charge < -0.3 is 15.2 Å². The Morgan fingerprint density at radius 2 is 2.20 bits per heavy atom. The largest absolute Gasteiger partial charge is 0.363 e. The Labute approximate surface area is 95.4 Å². The van der Waals surface area contributed by atoms with E-state index in [1.807, 2.05) is 27.7 Å². The molecular formula is C10H17N3OS. The van der Waals surface area contributed by atoms with Crippen LogP contribution >= 0.6 is 12.2 Å². The number of nitrogens with one attached hydrogen (secondary N) is 2. The smallest absolute Gasteiger partial charge is 0.166 e. The lowest BCUT2D eigenvalue weighted by Crippen LogP contribution is -2.36. The molecule has 0 radical (unpaired) electrons. The van der Waals surface area contributed by atoms with Gasteiger partial charge in [-0.05, 0) is 39.9 Å². The first-order chi connectivity index (χ1) is 7.06. The molecular weight excluding hydrogens is 210 g/mol. The van der Waals surface area contributed by atoms with Crippen molar-refractivity contribution >= 4 is 17.3 Å². The number of thiocarbonyl (C=S) groups is 1. The van der Waals surface area contributed by atoms with Gasteiger partial charge in [-0.1, -0.05) is 5.16 Å². The lowest BCUT2D eigenvalue weighted by atomic mass is 10.1. The molecule has 5 heteroatoms. The monoisotopic (exact) mass is 227 g/mol. The van der Waals surface area contributed by atoms with Crippen molar-refractivity contribution in [3.05, 3.63) is 17.0 Å². The number of aromatic nitrogens is 1. The maximum absolute atomic E-state index is 5.12. The summed E-state index contributed by atoms with van der Waals surface area (Å²) >= 11 is 5.12. The number of aryl methyl sites for hydroxylation is 2. The van der Waals surface area contributed by atoms with Gasteiger partial charge in [-0.3, -0.25) is 0 Å². The molecule has 1 atom stereocenters. The van der Waals surface area contributed by atoms with Crippen molar-refractivity contribution in [1.29, 1.82) is 0 Å². The van der Waals surface area contributed by atoms with Crippen molar-refractivity contribution in [1.82, 2.24) is 15.8 Å². The van der Waals surface area contributed by atoms with Crippen LogP contribution in [0.4, 0.5) is 0 Å². The maximum atomic E-state index is 5.12. The van der Waals surface area contributed by atoms with Crippen LogP contribution in [0.3, 0.4) is 0 Å². The van der Waals surface area contributed by atoms with E-state index in [9.17, 15) is 0 Å². The second kappa shape index (κ2) is 5.11. The van der Waals surface area contributed by atoms with E-state index in [-0.39, 0.29) is 6.04 Å². The van der Waals surface area contributed by atoms with Crippen LogP contribution < -0.4 is 10.6 Å². The quantitative estimate of drug-likeness (QED) is 0.772. The molecule has 0 aliphatic rings. The molecule has 4 nitrogen and oxygen atoms in total. The molecule has 1 aromatic rings. The molecule has 0 fully saturated rings. The first-order valence-electron chi connectivity index (χ1n) is 5.03. The minimum Gasteiger partial charge on any atom is -0.363 e. The number of hydrogen-bond donors (Lipinski definition) is 2. The van der Waals surface area contributed by atoms with Gasteiger partial charge >= 0.3 is 0 Å². The SMILES string of the molecule is CCNC(=S)NC(C)c1c(C)noc1C. The van der Waals surface area contributed by atoms with Crippen LogP contribution in [-0.4, -0.2) is 16.8 Å². The van der Waals surface area contributed by atoms with Crippen LogP contribution in [0.2, 0.25) is 0 Å². The van der Waals surface area contributed by atoms with Crippen molar-refractivity contribution < 1.29 is 4.52 Å². The summed E-state index contributed by atoms with van der Waals surface area (Å²) < 4.78 is 5.10. The average molecular weight is 227 g/mol. The van der Waals surface area contributed by atoms with Crippen LogP contribution in [-0.2, 0) is 0 Å². The van der Waals surface area contributed by atoms with Gasteiger partial charge in [0.1, 0.15) is 5.76 Å². The molecule has 0 aliphatic heterocycles. The topological polar surface area (TPSA) is 50.1 Å². The highest BCUT2D eigenvalue weighted by molar-refractivity contribution is 7.80. The predicted molar refractivity (Wildman–Crippen MR) is 63.8 cm³/mol. The van der Waals surface area contributed by atoms with Gasteiger partial charge in [-0.15, -0.1) is 0 Å². The fourth-order valence-electron chi connectivity index (χ4n) is 1.59. The van der Waals surface area contributed by atoms with E-state index >= 15 is 0 Å². The number of nitrogens with zero attached hydrogens (tertiary/aromatic N) is 1. The Balaban J connectivity index is 2.68. The second-order valence-corrected chi connectivity index (χ2v) is 3.87. The average Bonchev–Trinajstić information content (AvgIpc) is 2.46. The number of hydrogen-bond acceptors (Lipinski definition) is 3. The van der Waals surface area contributed by atoms with Gasteiger partial charge in [0.2, 0.25) is 0 Å². The zero-order valence-electron chi connectivity index (χ0n) is 9.55. The van der Waals surface area contributed by atoms with Gasteiger partial charge in [0.25, 0.3) is 0 Å². The van der Waals surface area contributed by atoms with Gasteiger partial charge in [0.15, 0.2) is 5.11 Å². The highest BCUT2D eigenvalue weighted by atomic mass is 32.1. The Kier molecular flexibility index (Phi) is 4.08. The third-order valence-corrected chi connectivity index (χ3v) is 2.47. The molecule has 0 spiro atoms. The second-order valence-electron chi connectivity index (χ2n) is 3.46. The lowest BCUT2D eigenvalue weighted by Gasteiger charge is -2.16. The fourth-order valence-corrected chi connectivity index (χ4v) is 1.91. The molecule has 2 N–H and O–H groups in total. The summed E-state index contributed by atoms with van der Waals surface area (Å²) in [6.45, 7) is 8.70. The number of rotatable bonds is 3. The van der Waals surface area contributed by atoms with E-state index in [4.69, 9.17) is 16.7 Å². The van der Waals surface area contributed by atoms with Crippen LogP contribution in [0, 0.1) is 13.8 Å². The highest BCUT2D eigenvalue weighted by Gasteiger charge is 2.16. The molecule has 0 saturated heterocycles. The predicted octanol–water partition coefficient (Wildman–Crippen LogP) is 1.84. The standard InChI is InChI=1S/C10H17N3OS/c1-5-11-10(15)12-6(2)9-7(3)13-14-8(9)4/h6H,5H2,1-4H3,(H2,11,12,15). The first-order valence-corrected chi connectivity index (χ1v) is 5.44. The summed E-state index contributed by atoms with van der Waals surface area (Å²) in [5.41, 5.74) is 1.99. The first kappa shape index (κ1) is 12.0. The van der Waals surface area contributed by atoms with E-state index in [1.54, 1.807) is 0 Å². The fraction of sp³-hybridized carbons (Fsp3) is 0.600. The summed E-state index contributed by atoms with van der Waals surface area (Å²) in [7, 11) is 0. The third-order valence-electron chi connectivity index (χ3n) is 2.21. The van der Waals surface area contributed by atoms with E-state index in [1.165, 1.54) is 0 Å². The normalized spacial score (nSPS) is 12.3.